The van der Waals surface area contributed by atoms with Crippen molar-refractivity contribution < 1.29 is 0 Å². The molecule has 0 unspecified atom stereocenters. The van der Waals surface area contributed by atoms with Crippen molar-refractivity contribution in [3.8, 4) is 0 Å². The van der Waals surface area contributed by atoms with E-state index in [4.69, 9.17) is 5.73 Å². The van der Waals surface area contributed by atoms with Crippen LogP contribution < -0.4 is 16.2 Å². The Bertz CT molecular complexity index is 620. The van der Waals surface area contributed by atoms with Crippen LogP contribution in [0.4, 0.5) is 17.5 Å². The summed E-state index contributed by atoms with van der Waals surface area (Å²) in [7, 11) is 0. The summed E-state index contributed by atoms with van der Waals surface area (Å²) >= 11 is 0. The van der Waals surface area contributed by atoms with Gasteiger partial charge in [-0.05, 0) is 18.1 Å². The van der Waals surface area contributed by atoms with Crippen LogP contribution in [-0.2, 0) is 6.42 Å². The number of aromatic nitrogens is 2. The fraction of sp³-hybridized carbons (Fsp3) is 0.167. The first-order chi connectivity index (χ1) is 8.24. The Kier molecular flexibility index (Phi) is 2.11. The molecule has 1 aromatic carbocycles. The molecule has 2 aromatic rings. The van der Waals surface area contributed by atoms with Crippen LogP contribution in [-0.4, -0.2) is 16.5 Å². The Hall–Kier alpha value is -2.30. The van der Waals surface area contributed by atoms with Crippen LogP contribution in [0, 0.1) is 0 Å². The van der Waals surface area contributed by atoms with Gasteiger partial charge in [-0.25, -0.2) is 0 Å². The van der Waals surface area contributed by atoms with Crippen LogP contribution in [0.15, 0.2) is 35.1 Å². The zero-order valence-corrected chi connectivity index (χ0v) is 9.18. The number of para-hydroxylation sites is 1. The van der Waals surface area contributed by atoms with Crippen molar-refractivity contribution in [2.24, 2.45) is 0 Å². The van der Waals surface area contributed by atoms with E-state index in [9.17, 15) is 4.79 Å². The number of nitrogens with one attached hydrogen (secondary N) is 1. The minimum absolute atomic E-state index is 0.225. The van der Waals surface area contributed by atoms with Crippen molar-refractivity contribution in [3.05, 3.63) is 46.2 Å². The molecule has 1 aliphatic heterocycles. The third-order valence-electron chi connectivity index (χ3n) is 2.89. The topological polar surface area (TPSA) is 75.0 Å². The average Bonchev–Trinajstić information content (AvgIpc) is 2.71. The second-order valence-corrected chi connectivity index (χ2v) is 4.02. The number of hydrogen-bond donors (Lipinski definition) is 2. The number of nitrogens with zero attached hydrogens (tertiary/aromatic N) is 2. The number of anilines is 3. The van der Waals surface area contributed by atoms with Gasteiger partial charge < -0.3 is 10.6 Å². The van der Waals surface area contributed by atoms with Crippen molar-refractivity contribution in [3.63, 3.8) is 0 Å². The van der Waals surface area contributed by atoms with E-state index in [1.165, 1.54) is 11.6 Å². The first-order valence-electron chi connectivity index (χ1n) is 5.46. The van der Waals surface area contributed by atoms with Gasteiger partial charge in [-0.1, -0.05) is 18.2 Å². The Labute approximate surface area is 97.9 Å². The minimum atomic E-state index is -0.225. The summed E-state index contributed by atoms with van der Waals surface area (Å²) in [6, 6.07) is 9.37. The van der Waals surface area contributed by atoms with Gasteiger partial charge in [0.15, 0.2) is 0 Å². The number of H-pyrrole nitrogens is 1. The smallest absolute Gasteiger partial charge is 0.254 e. The fourth-order valence-electron chi connectivity index (χ4n) is 2.15. The predicted octanol–water partition coefficient (Wildman–Crippen LogP) is 1.05. The lowest BCUT2D eigenvalue weighted by Crippen LogP contribution is -2.21. The third-order valence-corrected chi connectivity index (χ3v) is 2.89. The number of aromatic amines is 1. The molecule has 2 heterocycles. The second kappa shape index (κ2) is 3.62. The highest BCUT2D eigenvalue weighted by Crippen LogP contribution is 2.31. The van der Waals surface area contributed by atoms with E-state index in [1.807, 2.05) is 23.1 Å². The molecule has 0 saturated heterocycles. The Balaban J connectivity index is 2.10. The number of nitrogens with two attached hydrogens (primary N) is 1. The molecule has 5 nitrogen and oxygen atoms in total. The molecule has 3 N–H and O–H groups in total. The summed E-state index contributed by atoms with van der Waals surface area (Å²) in [5.74, 6) is 0.757. The summed E-state index contributed by atoms with van der Waals surface area (Å²) in [5, 5.41) is 0. The van der Waals surface area contributed by atoms with Crippen LogP contribution in [0.1, 0.15) is 5.56 Å². The molecule has 0 amide bonds. The van der Waals surface area contributed by atoms with Crippen molar-refractivity contribution in [1.29, 1.82) is 0 Å². The summed E-state index contributed by atoms with van der Waals surface area (Å²) in [4.78, 5) is 20.2. The maximum atomic E-state index is 11.4. The van der Waals surface area contributed by atoms with Crippen molar-refractivity contribution in [2.45, 2.75) is 6.42 Å². The zero-order valence-electron chi connectivity index (χ0n) is 9.18. The van der Waals surface area contributed by atoms with E-state index in [-0.39, 0.29) is 11.4 Å². The van der Waals surface area contributed by atoms with Crippen LogP contribution in [0.5, 0.6) is 0 Å². The number of hydrogen-bond acceptors (Lipinski definition) is 4. The maximum Gasteiger partial charge on any atom is 0.254 e. The third kappa shape index (κ3) is 1.65. The van der Waals surface area contributed by atoms with Crippen molar-refractivity contribution >= 4 is 17.5 Å². The number of rotatable bonds is 1. The monoisotopic (exact) mass is 228 g/mol. The van der Waals surface area contributed by atoms with E-state index in [2.05, 4.69) is 16.0 Å². The second-order valence-electron chi connectivity index (χ2n) is 4.02. The Morgan fingerprint density at radius 3 is 3.00 bits per heavy atom. The van der Waals surface area contributed by atoms with Crippen molar-refractivity contribution in [2.75, 3.05) is 17.2 Å². The SMILES string of the molecule is Nc1cc(=O)[nH]c(N2CCc3ccccc32)n1. The minimum Gasteiger partial charge on any atom is -0.383 e. The molecule has 17 heavy (non-hydrogen) atoms. The van der Waals surface area contributed by atoms with Gasteiger partial charge in [0.05, 0.1) is 0 Å². The van der Waals surface area contributed by atoms with Crippen LogP contribution >= 0.6 is 0 Å². The number of benzene rings is 1. The lowest BCUT2D eigenvalue weighted by Gasteiger charge is -2.17. The van der Waals surface area contributed by atoms with Crippen LogP contribution in [0.25, 0.3) is 0 Å². The van der Waals surface area contributed by atoms with E-state index in [0.717, 1.165) is 18.7 Å². The van der Waals surface area contributed by atoms with Gasteiger partial charge in [0.2, 0.25) is 5.95 Å². The zero-order chi connectivity index (χ0) is 11.8. The highest BCUT2D eigenvalue weighted by atomic mass is 16.1. The molecule has 0 radical (unpaired) electrons. The molecule has 0 saturated carbocycles. The molecule has 0 atom stereocenters. The molecule has 1 aromatic heterocycles. The Morgan fingerprint density at radius 1 is 1.35 bits per heavy atom. The molecule has 0 bridgehead atoms. The number of nitrogen functional groups attached to an aromatic ring is 1. The highest BCUT2D eigenvalue weighted by molar-refractivity contribution is 5.65. The summed E-state index contributed by atoms with van der Waals surface area (Å²) in [6.07, 6.45) is 0.953. The average molecular weight is 228 g/mol. The standard InChI is InChI=1S/C12H12N4O/c13-10-7-11(17)15-12(14-10)16-6-5-8-3-1-2-4-9(8)16/h1-4,7H,5-6H2,(H3,13,14,15,17). The highest BCUT2D eigenvalue weighted by Gasteiger charge is 2.21. The summed E-state index contributed by atoms with van der Waals surface area (Å²) in [5.41, 5.74) is 7.71. The van der Waals surface area contributed by atoms with Crippen molar-refractivity contribution in [1.82, 2.24) is 9.97 Å². The lowest BCUT2D eigenvalue weighted by molar-refractivity contribution is 0.933. The lowest BCUT2D eigenvalue weighted by atomic mass is 10.2. The molecule has 3 rings (SSSR count). The molecule has 86 valence electrons. The predicted molar refractivity (Wildman–Crippen MR) is 66.4 cm³/mol. The van der Waals surface area contributed by atoms with E-state index < -0.39 is 0 Å². The molecular weight excluding hydrogens is 216 g/mol. The first-order valence-corrected chi connectivity index (χ1v) is 5.46. The summed E-state index contributed by atoms with van der Waals surface area (Å²) in [6.45, 7) is 0.811. The van der Waals surface area contributed by atoms with Crippen LogP contribution in [0.3, 0.4) is 0 Å². The molecule has 1 aliphatic rings. The molecule has 0 spiro atoms. The first kappa shape index (κ1) is 9.89. The normalized spacial score (nSPS) is 13.8. The van der Waals surface area contributed by atoms with Crippen LogP contribution in [0.2, 0.25) is 0 Å². The van der Waals surface area contributed by atoms with Gasteiger partial charge >= 0.3 is 0 Å². The van der Waals surface area contributed by atoms with E-state index >= 15 is 0 Å². The number of fused-ring (bicyclic) bond motifs is 1. The summed E-state index contributed by atoms with van der Waals surface area (Å²) < 4.78 is 0. The van der Waals surface area contributed by atoms with E-state index in [1.54, 1.807) is 0 Å². The Morgan fingerprint density at radius 2 is 2.18 bits per heavy atom. The molecular formula is C12H12N4O. The van der Waals surface area contributed by atoms with E-state index in [0.29, 0.717) is 5.95 Å². The van der Waals surface area contributed by atoms with Gasteiger partial charge in [0, 0.05) is 18.3 Å². The van der Waals surface area contributed by atoms with Gasteiger partial charge in [-0.2, -0.15) is 4.98 Å². The quantitative estimate of drug-likeness (QED) is 0.765. The van der Waals surface area contributed by atoms with Gasteiger partial charge in [0.25, 0.3) is 5.56 Å². The molecule has 5 heteroatoms. The fourth-order valence-corrected chi connectivity index (χ4v) is 2.15. The largest absolute Gasteiger partial charge is 0.383 e. The molecule has 0 fully saturated rings. The molecule has 0 aliphatic carbocycles. The maximum absolute atomic E-state index is 11.4. The van der Waals surface area contributed by atoms with Gasteiger partial charge in [-0.15, -0.1) is 0 Å². The van der Waals surface area contributed by atoms with Gasteiger partial charge in [0.1, 0.15) is 5.82 Å². The van der Waals surface area contributed by atoms with Gasteiger partial charge in [-0.3, -0.25) is 9.78 Å².